The summed E-state index contributed by atoms with van der Waals surface area (Å²) in [5, 5.41) is 1.01. The van der Waals surface area contributed by atoms with Crippen LogP contribution in [-0.4, -0.2) is 12.4 Å². The van der Waals surface area contributed by atoms with E-state index in [-0.39, 0.29) is 4.90 Å². The zero-order valence-corrected chi connectivity index (χ0v) is 10.4. The van der Waals surface area contributed by atoms with Gasteiger partial charge in [-0.25, -0.2) is 12.4 Å². The molecule has 0 radical (unpaired) electrons. The Labute approximate surface area is 100 Å². The van der Waals surface area contributed by atoms with Gasteiger partial charge < -0.3 is 0 Å². The van der Waals surface area contributed by atoms with Crippen molar-refractivity contribution in [1.82, 2.24) is 3.97 Å². The Hall–Kier alpha value is -1.81. The maximum atomic E-state index is 12.3. The maximum absolute atomic E-state index is 12.3. The second-order valence-corrected chi connectivity index (χ2v) is 5.72. The lowest BCUT2D eigenvalue weighted by Crippen LogP contribution is -2.30. The van der Waals surface area contributed by atoms with Crippen molar-refractivity contribution in [2.75, 3.05) is 0 Å². The van der Waals surface area contributed by atoms with Crippen LogP contribution in [0.25, 0.3) is 13.2 Å². The smallest absolute Gasteiger partial charge is 0.242 e. The molecule has 1 aromatic heterocycles. The lowest BCUT2D eigenvalue weighted by atomic mass is 10.2. The van der Waals surface area contributed by atoms with Crippen LogP contribution < -0.4 is 10.6 Å². The van der Waals surface area contributed by atoms with Gasteiger partial charge in [0.2, 0.25) is 0 Å². The SMILES string of the molecule is C=c1ccn(S(=O)(=O)c2ccc(C)cc2)c1=C. The van der Waals surface area contributed by atoms with Crippen LogP contribution in [0.3, 0.4) is 0 Å². The summed E-state index contributed by atoms with van der Waals surface area (Å²) in [6.07, 6.45) is 1.47. The van der Waals surface area contributed by atoms with Gasteiger partial charge in [-0.3, -0.25) is 0 Å². The number of hydrogen-bond donors (Lipinski definition) is 0. The molecular formula is C13H13NO2S. The zero-order chi connectivity index (χ0) is 12.6. The van der Waals surface area contributed by atoms with E-state index in [9.17, 15) is 8.42 Å². The zero-order valence-electron chi connectivity index (χ0n) is 9.55. The van der Waals surface area contributed by atoms with E-state index in [1.807, 2.05) is 6.92 Å². The minimum Gasteiger partial charge on any atom is -0.242 e. The molecule has 2 aromatic rings. The molecule has 17 heavy (non-hydrogen) atoms. The van der Waals surface area contributed by atoms with Crippen molar-refractivity contribution in [3.8, 4) is 0 Å². The predicted molar refractivity (Wildman–Crippen MR) is 68.5 cm³/mol. The van der Waals surface area contributed by atoms with Crippen molar-refractivity contribution in [2.45, 2.75) is 11.8 Å². The molecule has 0 aliphatic carbocycles. The summed E-state index contributed by atoms with van der Waals surface area (Å²) >= 11 is 0. The summed E-state index contributed by atoms with van der Waals surface area (Å²) in [7, 11) is -3.55. The Morgan fingerprint density at radius 3 is 2.12 bits per heavy atom. The Kier molecular flexibility index (Phi) is 2.67. The fourth-order valence-corrected chi connectivity index (χ4v) is 2.87. The molecule has 0 bridgehead atoms. The van der Waals surface area contributed by atoms with Crippen LogP contribution in [0.2, 0.25) is 0 Å². The summed E-state index contributed by atoms with van der Waals surface area (Å²) in [6.45, 7) is 9.33. The van der Waals surface area contributed by atoms with Crippen LogP contribution in [-0.2, 0) is 10.0 Å². The molecule has 0 N–H and O–H groups in total. The van der Waals surface area contributed by atoms with Crippen LogP contribution in [0.5, 0.6) is 0 Å². The van der Waals surface area contributed by atoms with Gasteiger partial charge in [0.1, 0.15) is 0 Å². The average Bonchev–Trinajstić information content (AvgIpc) is 2.61. The molecule has 2 rings (SSSR count). The lowest BCUT2D eigenvalue weighted by molar-refractivity contribution is 0.586. The monoisotopic (exact) mass is 247 g/mol. The van der Waals surface area contributed by atoms with Crippen LogP contribution in [0.15, 0.2) is 41.4 Å². The summed E-state index contributed by atoms with van der Waals surface area (Å²) in [4.78, 5) is 0.253. The topological polar surface area (TPSA) is 39.1 Å². The summed E-state index contributed by atoms with van der Waals surface area (Å²) < 4.78 is 25.7. The fourth-order valence-electron chi connectivity index (χ4n) is 1.53. The van der Waals surface area contributed by atoms with E-state index >= 15 is 0 Å². The highest BCUT2D eigenvalue weighted by atomic mass is 32.2. The van der Waals surface area contributed by atoms with Crippen molar-refractivity contribution in [1.29, 1.82) is 0 Å². The number of benzene rings is 1. The van der Waals surface area contributed by atoms with E-state index in [0.717, 1.165) is 9.54 Å². The lowest BCUT2D eigenvalue weighted by Gasteiger charge is -2.06. The molecule has 0 fully saturated rings. The number of aryl methyl sites for hydroxylation is 1. The Morgan fingerprint density at radius 1 is 1.06 bits per heavy atom. The molecule has 0 aliphatic heterocycles. The third kappa shape index (κ3) is 1.91. The van der Waals surface area contributed by atoms with E-state index < -0.39 is 10.0 Å². The van der Waals surface area contributed by atoms with E-state index in [1.165, 1.54) is 6.20 Å². The van der Waals surface area contributed by atoms with Crippen molar-refractivity contribution in [3.05, 3.63) is 52.7 Å². The summed E-state index contributed by atoms with van der Waals surface area (Å²) in [5.74, 6) is 0. The third-order valence-electron chi connectivity index (χ3n) is 2.63. The van der Waals surface area contributed by atoms with Gasteiger partial charge in [0.05, 0.1) is 10.2 Å². The van der Waals surface area contributed by atoms with Crippen LogP contribution >= 0.6 is 0 Å². The molecule has 0 amide bonds. The van der Waals surface area contributed by atoms with Crippen LogP contribution in [0.4, 0.5) is 0 Å². The van der Waals surface area contributed by atoms with Gasteiger partial charge in [0.25, 0.3) is 10.0 Å². The third-order valence-corrected chi connectivity index (χ3v) is 4.35. The first kappa shape index (κ1) is 11.7. The van der Waals surface area contributed by atoms with Crippen molar-refractivity contribution in [3.63, 3.8) is 0 Å². The molecular weight excluding hydrogens is 234 g/mol. The molecule has 0 spiro atoms. The molecule has 0 saturated carbocycles. The number of rotatable bonds is 2. The molecule has 0 unspecified atom stereocenters. The maximum Gasteiger partial charge on any atom is 0.268 e. The second-order valence-electron chi connectivity index (χ2n) is 3.90. The summed E-state index contributed by atoms with van der Waals surface area (Å²) in [6, 6.07) is 8.35. The molecule has 1 heterocycles. The first-order valence-corrected chi connectivity index (χ1v) is 6.54. The van der Waals surface area contributed by atoms with Crippen LogP contribution in [0, 0.1) is 6.92 Å². The largest absolute Gasteiger partial charge is 0.268 e. The molecule has 0 atom stereocenters. The highest BCUT2D eigenvalue weighted by Gasteiger charge is 2.16. The molecule has 88 valence electrons. The minimum absolute atomic E-state index is 0.253. The molecule has 0 saturated heterocycles. The van der Waals surface area contributed by atoms with Gasteiger partial charge in [0.15, 0.2) is 0 Å². The minimum atomic E-state index is -3.55. The fraction of sp³-hybridized carbons (Fsp3) is 0.0769. The number of nitrogens with zero attached hydrogens (tertiary/aromatic N) is 1. The Bertz CT molecular complexity index is 740. The molecule has 3 nitrogen and oxygen atoms in total. The standard InChI is InChI=1S/C13H13NO2S/c1-10-4-6-13(7-5-10)17(15,16)14-9-8-11(2)12(14)3/h4-9H,2-3H2,1H3. The first-order chi connectivity index (χ1) is 7.93. The van der Waals surface area contributed by atoms with Crippen molar-refractivity contribution < 1.29 is 8.42 Å². The molecule has 1 aromatic carbocycles. The highest BCUT2D eigenvalue weighted by Crippen LogP contribution is 2.12. The highest BCUT2D eigenvalue weighted by molar-refractivity contribution is 7.90. The van der Waals surface area contributed by atoms with E-state index in [4.69, 9.17) is 0 Å². The quantitative estimate of drug-likeness (QED) is 0.789. The van der Waals surface area contributed by atoms with Gasteiger partial charge in [-0.2, -0.15) is 0 Å². The predicted octanol–water partition coefficient (Wildman–Crippen LogP) is 0.854. The first-order valence-electron chi connectivity index (χ1n) is 5.10. The van der Waals surface area contributed by atoms with E-state index in [1.54, 1.807) is 30.3 Å². The van der Waals surface area contributed by atoms with Gasteiger partial charge in [-0.15, -0.1) is 0 Å². The van der Waals surface area contributed by atoms with Crippen molar-refractivity contribution in [2.24, 2.45) is 0 Å². The molecule has 0 aliphatic rings. The normalized spacial score (nSPS) is 11.6. The molecule has 4 heteroatoms. The average molecular weight is 247 g/mol. The van der Waals surface area contributed by atoms with E-state index in [2.05, 4.69) is 13.2 Å². The Morgan fingerprint density at radius 2 is 1.65 bits per heavy atom. The number of hydrogen-bond acceptors (Lipinski definition) is 2. The van der Waals surface area contributed by atoms with Crippen molar-refractivity contribution >= 4 is 23.2 Å². The Balaban J connectivity index is 2.66. The number of aromatic nitrogens is 1. The second kappa shape index (κ2) is 3.89. The van der Waals surface area contributed by atoms with Gasteiger partial charge >= 0.3 is 0 Å². The van der Waals surface area contributed by atoms with Gasteiger partial charge in [0, 0.05) is 6.20 Å². The summed E-state index contributed by atoms with van der Waals surface area (Å²) in [5.41, 5.74) is 1.02. The van der Waals surface area contributed by atoms with Gasteiger partial charge in [-0.1, -0.05) is 30.9 Å². The van der Waals surface area contributed by atoms with Gasteiger partial charge in [-0.05, 0) is 30.3 Å². The van der Waals surface area contributed by atoms with Crippen LogP contribution in [0.1, 0.15) is 5.56 Å². The van der Waals surface area contributed by atoms with E-state index in [0.29, 0.717) is 10.6 Å².